The summed E-state index contributed by atoms with van der Waals surface area (Å²) < 4.78 is 10.3. The number of hydrogen-bond acceptors (Lipinski definition) is 4. The normalized spacial score (nSPS) is 15.7. The summed E-state index contributed by atoms with van der Waals surface area (Å²) in [7, 11) is 3.27. The molecule has 0 unspecified atom stereocenters. The first-order valence-electron chi connectivity index (χ1n) is 6.74. The Balaban J connectivity index is 2.06. The Morgan fingerprint density at radius 2 is 2.15 bits per heavy atom. The van der Waals surface area contributed by atoms with Crippen molar-refractivity contribution in [2.75, 3.05) is 32.7 Å². The third kappa shape index (κ3) is 3.42. The molecule has 0 amide bonds. The van der Waals surface area contributed by atoms with E-state index in [9.17, 15) is 9.90 Å². The van der Waals surface area contributed by atoms with Crippen molar-refractivity contribution in [3.8, 4) is 5.75 Å². The van der Waals surface area contributed by atoms with Gasteiger partial charge in [0.15, 0.2) is 0 Å². The highest BCUT2D eigenvalue weighted by Gasteiger charge is 2.41. The van der Waals surface area contributed by atoms with Gasteiger partial charge in [-0.25, -0.2) is 4.79 Å². The van der Waals surface area contributed by atoms with Crippen molar-refractivity contribution in [1.29, 1.82) is 0 Å². The molecule has 5 nitrogen and oxygen atoms in total. The van der Waals surface area contributed by atoms with Gasteiger partial charge in [0, 0.05) is 26.3 Å². The van der Waals surface area contributed by atoms with Crippen LogP contribution in [0.5, 0.6) is 5.75 Å². The molecule has 0 radical (unpaired) electrons. The average Bonchev–Trinajstić information content (AvgIpc) is 3.23. The zero-order chi connectivity index (χ0) is 14.6. The maximum atomic E-state index is 11.2. The monoisotopic (exact) mass is 279 g/mol. The minimum absolute atomic E-state index is 0.259. The molecule has 1 aliphatic carbocycles. The number of carboxylic acid groups (broad SMARTS) is 1. The van der Waals surface area contributed by atoms with E-state index in [1.54, 1.807) is 32.4 Å². The fraction of sp³-hybridized carbons (Fsp3) is 0.533. The van der Waals surface area contributed by atoms with Crippen molar-refractivity contribution in [3.63, 3.8) is 0 Å². The van der Waals surface area contributed by atoms with Gasteiger partial charge >= 0.3 is 5.97 Å². The molecule has 0 bridgehead atoms. The standard InChI is InChI=1S/C15H21NO4/c1-19-8-7-15(5-6-15)10-16-13-9-11(20-2)3-4-12(13)14(17)18/h3-4,9,16H,5-8,10H2,1-2H3,(H,17,18). The molecule has 0 aliphatic heterocycles. The minimum atomic E-state index is -0.933. The summed E-state index contributed by atoms with van der Waals surface area (Å²) in [4.78, 5) is 11.2. The second-order valence-corrected chi connectivity index (χ2v) is 5.31. The van der Waals surface area contributed by atoms with E-state index in [4.69, 9.17) is 9.47 Å². The number of aromatic carboxylic acids is 1. The van der Waals surface area contributed by atoms with Crippen molar-refractivity contribution >= 4 is 11.7 Å². The fourth-order valence-electron chi connectivity index (χ4n) is 2.28. The molecule has 1 saturated carbocycles. The summed E-state index contributed by atoms with van der Waals surface area (Å²) in [5, 5.41) is 12.5. The molecule has 1 fully saturated rings. The van der Waals surface area contributed by atoms with E-state index in [1.807, 2.05) is 0 Å². The molecule has 2 N–H and O–H groups in total. The minimum Gasteiger partial charge on any atom is -0.497 e. The van der Waals surface area contributed by atoms with Crippen LogP contribution in [0.1, 0.15) is 29.6 Å². The second kappa shape index (κ2) is 6.13. The first-order chi connectivity index (χ1) is 9.60. The van der Waals surface area contributed by atoms with Crippen LogP contribution in [0, 0.1) is 5.41 Å². The summed E-state index contributed by atoms with van der Waals surface area (Å²) in [5.74, 6) is -0.281. The Labute approximate surface area is 118 Å². The van der Waals surface area contributed by atoms with Crippen LogP contribution in [0.15, 0.2) is 18.2 Å². The van der Waals surface area contributed by atoms with Gasteiger partial charge in [-0.3, -0.25) is 0 Å². The predicted molar refractivity (Wildman–Crippen MR) is 76.6 cm³/mol. The summed E-state index contributed by atoms with van der Waals surface area (Å²) in [6.45, 7) is 1.51. The molecule has 1 aromatic carbocycles. The van der Waals surface area contributed by atoms with Crippen LogP contribution in [0.2, 0.25) is 0 Å². The van der Waals surface area contributed by atoms with E-state index < -0.39 is 5.97 Å². The predicted octanol–water partition coefficient (Wildman–Crippen LogP) is 2.62. The van der Waals surface area contributed by atoms with E-state index in [1.165, 1.54) is 0 Å². The molecule has 0 saturated heterocycles. The van der Waals surface area contributed by atoms with Crippen molar-refractivity contribution in [3.05, 3.63) is 23.8 Å². The lowest BCUT2D eigenvalue weighted by Crippen LogP contribution is -2.18. The maximum absolute atomic E-state index is 11.2. The van der Waals surface area contributed by atoms with Crippen molar-refractivity contribution in [1.82, 2.24) is 0 Å². The first-order valence-corrected chi connectivity index (χ1v) is 6.74. The SMILES string of the molecule is COCCC1(CNc2cc(OC)ccc2C(=O)O)CC1. The number of nitrogens with one attached hydrogen (secondary N) is 1. The van der Waals surface area contributed by atoms with E-state index in [0.29, 0.717) is 11.4 Å². The molecule has 0 heterocycles. The summed E-state index contributed by atoms with van der Waals surface area (Å²) in [6, 6.07) is 4.96. The van der Waals surface area contributed by atoms with Crippen LogP contribution in [-0.2, 0) is 4.74 Å². The van der Waals surface area contributed by atoms with Crippen molar-refractivity contribution in [2.45, 2.75) is 19.3 Å². The van der Waals surface area contributed by atoms with Gasteiger partial charge in [0.1, 0.15) is 5.75 Å². The van der Waals surface area contributed by atoms with Gasteiger partial charge < -0.3 is 19.9 Å². The summed E-state index contributed by atoms with van der Waals surface area (Å²) >= 11 is 0. The Morgan fingerprint density at radius 1 is 1.40 bits per heavy atom. The molecule has 1 aromatic rings. The molecule has 0 atom stereocenters. The van der Waals surface area contributed by atoms with E-state index >= 15 is 0 Å². The molecule has 20 heavy (non-hydrogen) atoms. The van der Waals surface area contributed by atoms with Crippen LogP contribution in [0.25, 0.3) is 0 Å². The second-order valence-electron chi connectivity index (χ2n) is 5.31. The van der Waals surface area contributed by atoms with Crippen LogP contribution in [-0.4, -0.2) is 38.4 Å². The van der Waals surface area contributed by atoms with Crippen LogP contribution >= 0.6 is 0 Å². The third-order valence-corrected chi connectivity index (χ3v) is 3.90. The highest BCUT2D eigenvalue weighted by molar-refractivity contribution is 5.94. The quantitative estimate of drug-likeness (QED) is 0.765. The lowest BCUT2D eigenvalue weighted by molar-refractivity contribution is 0.0698. The number of hydrogen-bond donors (Lipinski definition) is 2. The van der Waals surface area contributed by atoms with Gasteiger partial charge in [-0.2, -0.15) is 0 Å². The van der Waals surface area contributed by atoms with Crippen LogP contribution in [0.4, 0.5) is 5.69 Å². The van der Waals surface area contributed by atoms with E-state index in [2.05, 4.69) is 5.32 Å². The maximum Gasteiger partial charge on any atom is 0.337 e. The number of methoxy groups -OCH3 is 2. The number of ether oxygens (including phenoxy) is 2. The summed E-state index contributed by atoms with van der Waals surface area (Å²) in [6.07, 6.45) is 3.33. The molecule has 0 aromatic heterocycles. The average molecular weight is 279 g/mol. The smallest absolute Gasteiger partial charge is 0.337 e. The highest BCUT2D eigenvalue weighted by atomic mass is 16.5. The number of benzene rings is 1. The lowest BCUT2D eigenvalue weighted by Gasteiger charge is -2.18. The zero-order valence-electron chi connectivity index (χ0n) is 11.9. The van der Waals surface area contributed by atoms with Gasteiger partial charge in [0.25, 0.3) is 0 Å². The molecule has 1 aliphatic rings. The number of carbonyl (C=O) groups is 1. The van der Waals surface area contributed by atoms with Gasteiger partial charge in [-0.15, -0.1) is 0 Å². The van der Waals surface area contributed by atoms with Crippen molar-refractivity contribution in [2.24, 2.45) is 5.41 Å². The lowest BCUT2D eigenvalue weighted by atomic mass is 10.0. The Hall–Kier alpha value is -1.75. The molecular weight excluding hydrogens is 258 g/mol. The number of carboxylic acids is 1. The largest absolute Gasteiger partial charge is 0.497 e. The molecule has 110 valence electrons. The Bertz CT molecular complexity index is 483. The Kier molecular flexibility index (Phi) is 4.49. The molecule has 5 heteroatoms. The first kappa shape index (κ1) is 14.7. The van der Waals surface area contributed by atoms with Crippen molar-refractivity contribution < 1.29 is 19.4 Å². The Morgan fingerprint density at radius 3 is 2.70 bits per heavy atom. The van der Waals surface area contributed by atoms with E-state index in [-0.39, 0.29) is 11.0 Å². The number of rotatable bonds is 8. The van der Waals surface area contributed by atoms with Gasteiger partial charge in [0.05, 0.1) is 18.4 Å². The molecule has 2 rings (SSSR count). The van der Waals surface area contributed by atoms with E-state index in [0.717, 1.165) is 32.4 Å². The highest BCUT2D eigenvalue weighted by Crippen LogP contribution is 2.48. The zero-order valence-corrected chi connectivity index (χ0v) is 11.9. The third-order valence-electron chi connectivity index (χ3n) is 3.90. The van der Waals surface area contributed by atoms with Gasteiger partial charge in [0.2, 0.25) is 0 Å². The van der Waals surface area contributed by atoms with Gasteiger partial charge in [-0.05, 0) is 36.8 Å². The molecule has 0 spiro atoms. The fourth-order valence-corrected chi connectivity index (χ4v) is 2.28. The van der Waals surface area contributed by atoms with Crippen LogP contribution < -0.4 is 10.1 Å². The topological polar surface area (TPSA) is 67.8 Å². The van der Waals surface area contributed by atoms with Crippen LogP contribution in [0.3, 0.4) is 0 Å². The molecular formula is C15H21NO4. The van der Waals surface area contributed by atoms with Gasteiger partial charge in [-0.1, -0.05) is 0 Å². The number of anilines is 1. The summed E-state index contributed by atoms with van der Waals surface area (Å²) in [5.41, 5.74) is 1.14.